The number of amides is 1. The summed E-state index contributed by atoms with van der Waals surface area (Å²) in [6.45, 7) is 4.87. The van der Waals surface area contributed by atoms with Gasteiger partial charge in [0.05, 0.1) is 25.4 Å². The standard InChI is InChI=1S/C57H111NO5/c1-3-5-7-9-11-13-15-17-19-21-23-25-27-29-31-35-39-43-47-51-57(62)63-52-48-44-40-36-32-34-38-42-46-50-56(61)58-54(53-59)55(60)49-45-41-37-33-30-28-26-24-22-20-18-16-14-12-10-8-6-4-2/h45,49,54-55,59-60H,3-44,46-48,50-53H2,1-2H3,(H,58,61)/b49-45+. The summed E-state index contributed by atoms with van der Waals surface area (Å²) >= 11 is 0. The van der Waals surface area contributed by atoms with Gasteiger partial charge in [-0.1, -0.05) is 283 Å². The highest BCUT2D eigenvalue weighted by Crippen LogP contribution is 2.17. The number of hydrogen-bond donors (Lipinski definition) is 3. The number of esters is 1. The van der Waals surface area contributed by atoms with Crippen molar-refractivity contribution in [3.8, 4) is 0 Å². The lowest BCUT2D eigenvalue weighted by Gasteiger charge is -2.20. The molecule has 6 nitrogen and oxygen atoms in total. The number of allylic oxidation sites excluding steroid dienone is 1. The fourth-order valence-corrected chi connectivity index (χ4v) is 8.93. The monoisotopic (exact) mass is 890 g/mol. The highest BCUT2D eigenvalue weighted by molar-refractivity contribution is 5.76. The van der Waals surface area contributed by atoms with Crippen LogP contribution in [0.1, 0.15) is 316 Å². The molecule has 0 aromatic heterocycles. The number of rotatable bonds is 53. The Bertz CT molecular complexity index is 939. The molecule has 0 fully saturated rings. The maximum Gasteiger partial charge on any atom is 0.305 e. The van der Waals surface area contributed by atoms with Crippen LogP contribution >= 0.6 is 0 Å². The third-order valence-electron chi connectivity index (χ3n) is 13.3. The van der Waals surface area contributed by atoms with Crippen LogP contribution in [-0.2, 0) is 14.3 Å². The molecule has 0 aromatic rings. The van der Waals surface area contributed by atoms with Crippen LogP contribution in [-0.4, -0.2) is 47.4 Å². The third kappa shape index (κ3) is 49.9. The van der Waals surface area contributed by atoms with Crippen LogP contribution in [0.15, 0.2) is 12.2 Å². The van der Waals surface area contributed by atoms with Gasteiger partial charge in [0.2, 0.25) is 5.91 Å². The molecule has 0 aliphatic carbocycles. The summed E-state index contributed by atoms with van der Waals surface area (Å²) in [6.07, 6.45) is 62.3. The minimum absolute atomic E-state index is 0.0218. The van der Waals surface area contributed by atoms with E-state index in [-0.39, 0.29) is 18.5 Å². The summed E-state index contributed by atoms with van der Waals surface area (Å²) in [4.78, 5) is 24.6. The topological polar surface area (TPSA) is 95.9 Å². The lowest BCUT2D eigenvalue weighted by Crippen LogP contribution is -2.45. The largest absolute Gasteiger partial charge is 0.466 e. The van der Waals surface area contributed by atoms with Gasteiger partial charge in [-0.15, -0.1) is 0 Å². The Morgan fingerprint density at radius 1 is 0.429 bits per heavy atom. The molecule has 0 spiro atoms. The van der Waals surface area contributed by atoms with Gasteiger partial charge in [-0.2, -0.15) is 0 Å². The Morgan fingerprint density at radius 3 is 1.08 bits per heavy atom. The predicted octanol–water partition coefficient (Wildman–Crippen LogP) is 17.3. The van der Waals surface area contributed by atoms with E-state index < -0.39 is 12.1 Å². The first kappa shape index (κ1) is 61.6. The van der Waals surface area contributed by atoms with Gasteiger partial charge in [0, 0.05) is 12.8 Å². The van der Waals surface area contributed by atoms with Crippen molar-refractivity contribution in [2.24, 2.45) is 0 Å². The second-order valence-electron chi connectivity index (χ2n) is 19.6. The van der Waals surface area contributed by atoms with Gasteiger partial charge >= 0.3 is 5.97 Å². The normalized spacial score (nSPS) is 12.6. The summed E-state index contributed by atoms with van der Waals surface area (Å²) in [5, 5.41) is 23.1. The van der Waals surface area contributed by atoms with Crippen LogP contribution in [0, 0.1) is 0 Å². The van der Waals surface area contributed by atoms with Crippen molar-refractivity contribution in [3.05, 3.63) is 12.2 Å². The molecule has 0 aliphatic rings. The second kappa shape index (κ2) is 53.2. The van der Waals surface area contributed by atoms with Gasteiger partial charge in [-0.05, 0) is 32.1 Å². The van der Waals surface area contributed by atoms with Crippen molar-refractivity contribution in [1.82, 2.24) is 5.32 Å². The second-order valence-corrected chi connectivity index (χ2v) is 19.6. The molecule has 0 aliphatic heterocycles. The van der Waals surface area contributed by atoms with Crippen LogP contribution in [0.3, 0.4) is 0 Å². The summed E-state index contributed by atoms with van der Waals surface area (Å²) in [5.74, 6) is -0.114. The van der Waals surface area contributed by atoms with Gasteiger partial charge < -0.3 is 20.3 Å². The number of aliphatic hydroxyl groups excluding tert-OH is 2. The van der Waals surface area contributed by atoms with Gasteiger partial charge in [-0.25, -0.2) is 0 Å². The third-order valence-corrected chi connectivity index (χ3v) is 13.3. The maximum absolute atomic E-state index is 12.5. The van der Waals surface area contributed by atoms with Crippen LogP contribution in [0.5, 0.6) is 0 Å². The first-order valence-corrected chi connectivity index (χ1v) is 28.5. The number of unbranched alkanes of at least 4 members (excludes halogenated alkanes) is 42. The molecule has 2 atom stereocenters. The van der Waals surface area contributed by atoms with Crippen molar-refractivity contribution < 1.29 is 24.5 Å². The van der Waals surface area contributed by atoms with Gasteiger partial charge in [0.15, 0.2) is 0 Å². The molecule has 6 heteroatoms. The van der Waals surface area contributed by atoms with Crippen molar-refractivity contribution in [1.29, 1.82) is 0 Å². The Morgan fingerprint density at radius 2 is 0.730 bits per heavy atom. The number of carbonyl (C=O) groups excluding carboxylic acids is 2. The molecule has 63 heavy (non-hydrogen) atoms. The molecule has 0 saturated heterocycles. The molecule has 0 aromatic carbocycles. The fraction of sp³-hybridized carbons (Fsp3) is 0.930. The van der Waals surface area contributed by atoms with E-state index >= 15 is 0 Å². The number of ether oxygens (including phenoxy) is 1. The molecule has 0 heterocycles. The molecule has 3 N–H and O–H groups in total. The van der Waals surface area contributed by atoms with Crippen molar-refractivity contribution in [2.45, 2.75) is 328 Å². The van der Waals surface area contributed by atoms with Gasteiger partial charge in [0.1, 0.15) is 0 Å². The van der Waals surface area contributed by atoms with E-state index in [0.717, 1.165) is 57.8 Å². The highest BCUT2D eigenvalue weighted by atomic mass is 16.5. The average Bonchev–Trinajstić information content (AvgIpc) is 3.28. The predicted molar refractivity (Wildman–Crippen MR) is 273 cm³/mol. The Kier molecular flexibility index (Phi) is 52.0. The zero-order valence-electron chi connectivity index (χ0n) is 42.6. The quantitative estimate of drug-likeness (QED) is 0.0321. The number of nitrogens with one attached hydrogen (secondary N) is 1. The van der Waals surface area contributed by atoms with E-state index in [4.69, 9.17) is 4.74 Å². The van der Waals surface area contributed by atoms with Crippen molar-refractivity contribution in [2.75, 3.05) is 13.2 Å². The van der Waals surface area contributed by atoms with E-state index in [0.29, 0.717) is 19.4 Å². The van der Waals surface area contributed by atoms with Crippen molar-refractivity contribution in [3.63, 3.8) is 0 Å². The van der Waals surface area contributed by atoms with Gasteiger partial charge in [0.25, 0.3) is 0 Å². The zero-order chi connectivity index (χ0) is 45.8. The van der Waals surface area contributed by atoms with E-state index in [1.165, 1.54) is 231 Å². The van der Waals surface area contributed by atoms with Crippen molar-refractivity contribution >= 4 is 11.9 Å². The molecule has 0 rings (SSSR count). The molecule has 0 saturated carbocycles. The van der Waals surface area contributed by atoms with E-state index in [2.05, 4.69) is 19.2 Å². The summed E-state index contributed by atoms with van der Waals surface area (Å²) in [7, 11) is 0. The zero-order valence-corrected chi connectivity index (χ0v) is 42.6. The number of aliphatic hydroxyl groups is 2. The highest BCUT2D eigenvalue weighted by Gasteiger charge is 2.18. The SMILES string of the molecule is CCCCCCCCCCCCCCCCCC/C=C/C(O)C(CO)NC(=O)CCCCCCCCCCCOC(=O)CCCCCCCCCCCCCCCCCCCCC. The molecule has 2 unspecified atom stereocenters. The van der Waals surface area contributed by atoms with Crippen LogP contribution in [0.2, 0.25) is 0 Å². The number of carbonyl (C=O) groups is 2. The van der Waals surface area contributed by atoms with Crippen LogP contribution < -0.4 is 5.32 Å². The molecular weight excluding hydrogens is 779 g/mol. The molecule has 0 radical (unpaired) electrons. The Balaban J connectivity index is 3.48. The minimum Gasteiger partial charge on any atom is -0.466 e. The summed E-state index contributed by atoms with van der Waals surface area (Å²) in [5.41, 5.74) is 0. The van der Waals surface area contributed by atoms with E-state index in [1.54, 1.807) is 6.08 Å². The van der Waals surface area contributed by atoms with Gasteiger partial charge in [-0.3, -0.25) is 9.59 Å². The smallest absolute Gasteiger partial charge is 0.305 e. The average molecular weight is 891 g/mol. The first-order chi connectivity index (χ1) is 31.0. The van der Waals surface area contributed by atoms with Crippen LogP contribution in [0.4, 0.5) is 0 Å². The Labute approximate surface area is 393 Å². The lowest BCUT2D eigenvalue weighted by atomic mass is 10.0. The van der Waals surface area contributed by atoms with E-state index in [9.17, 15) is 19.8 Å². The number of hydrogen-bond acceptors (Lipinski definition) is 5. The minimum atomic E-state index is -0.861. The maximum atomic E-state index is 12.5. The lowest BCUT2D eigenvalue weighted by molar-refractivity contribution is -0.143. The van der Waals surface area contributed by atoms with Crippen LogP contribution in [0.25, 0.3) is 0 Å². The molecule has 0 bridgehead atoms. The summed E-state index contributed by atoms with van der Waals surface area (Å²) in [6, 6.07) is -0.647. The Hall–Kier alpha value is -1.40. The van der Waals surface area contributed by atoms with E-state index in [1.807, 2.05) is 6.08 Å². The first-order valence-electron chi connectivity index (χ1n) is 28.5. The summed E-state index contributed by atoms with van der Waals surface area (Å²) < 4.78 is 5.47. The molecule has 374 valence electrons. The fourth-order valence-electron chi connectivity index (χ4n) is 8.93. The molecule has 1 amide bonds. The molecular formula is C57H111NO5.